The number of hydrogen-bond acceptors (Lipinski definition) is 2. The lowest BCUT2D eigenvalue weighted by molar-refractivity contribution is 0.213. The van der Waals surface area contributed by atoms with Crippen LogP contribution in [0.2, 0.25) is 0 Å². The molecule has 80 valence electrons. The number of nitrogens with zero attached hydrogens (tertiary/aromatic N) is 1. The van der Waals surface area contributed by atoms with Crippen molar-refractivity contribution in [3.63, 3.8) is 0 Å². The lowest BCUT2D eigenvalue weighted by Gasteiger charge is -2.25. The molecule has 2 rings (SSSR count). The van der Waals surface area contributed by atoms with E-state index in [1.807, 2.05) is 35.2 Å². The molecule has 1 aromatic rings. The van der Waals surface area contributed by atoms with E-state index in [0.29, 0.717) is 13.0 Å². The number of aliphatic hydroxyl groups excluding tert-OH is 1. The van der Waals surface area contributed by atoms with Crippen LogP contribution in [0.15, 0.2) is 41.9 Å². The van der Waals surface area contributed by atoms with E-state index in [9.17, 15) is 4.39 Å². The molecule has 2 nitrogen and oxygen atoms in total. The Morgan fingerprint density at radius 2 is 2.00 bits per heavy atom. The normalized spacial score (nSPS) is 18.2. The summed E-state index contributed by atoms with van der Waals surface area (Å²) in [5.74, 6) is -0.475. The van der Waals surface area contributed by atoms with E-state index in [-0.39, 0.29) is 12.3 Å². The standard InChI is InChI=1S/C12H14FNO/c13-11-9-14(7-6-12(11)15)8-10-4-2-1-3-5-10/h1-5,15H,6-9H2. The van der Waals surface area contributed by atoms with Crippen molar-refractivity contribution in [1.82, 2.24) is 4.90 Å². The van der Waals surface area contributed by atoms with Gasteiger partial charge in [0.05, 0.1) is 6.54 Å². The summed E-state index contributed by atoms with van der Waals surface area (Å²) in [4.78, 5) is 1.99. The van der Waals surface area contributed by atoms with Crippen LogP contribution in [0.3, 0.4) is 0 Å². The fourth-order valence-corrected chi connectivity index (χ4v) is 1.74. The minimum Gasteiger partial charge on any atom is -0.510 e. The van der Waals surface area contributed by atoms with Gasteiger partial charge >= 0.3 is 0 Å². The van der Waals surface area contributed by atoms with Gasteiger partial charge in [0.1, 0.15) is 5.76 Å². The highest BCUT2D eigenvalue weighted by molar-refractivity contribution is 5.15. The fraction of sp³-hybridized carbons (Fsp3) is 0.333. The van der Waals surface area contributed by atoms with Gasteiger partial charge < -0.3 is 5.11 Å². The predicted molar refractivity (Wildman–Crippen MR) is 57.1 cm³/mol. The molecule has 0 spiro atoms. The van der Waals surface area contributed by atoms with Gasteiger partial charge in [0, 0.05) is 19.5 Å². The summed E-state index contributed by atoms with van der Waals surface area (Å²) in [7, 11) is 0. The van der Waals surface area contributed by atoms with Crippen LogP contribution in [-0.2, 0) is 6.54 Å². The summed E-state index contributed by atoms with van der Waals surface area (Å²) in [5.41, 5.74) is 1.17. The van der Waals surface area contributed by atoms with Gasteiger partial charge in [-0.15, -0.1) is 0 Å². The van der Waals surface area contributed by atoms with Gasteiger partial charge in [-0.25, -0.2) is 4.39 Å². The van der Waals surface area contributed by atoms with Crippen molar-refractivity contribution in [3.8, 4) is 0 Å². The molecule has 0 bridgehead atoms. The highest BCUT2D eigenvalue weighted by Gasteiger charge is 2.18. The van der Waals surface area contributed by atoms with E-state index in [1.165, 1.54) is 5.56 Å². The minimum absolute atomic E-state index is 0.0840. The molecule has 0 unspecified atom stereocenters. The Kier molecular flexibility index (Phi) is 3.02. The maximum atomic E-state index is 13.1. The van der Waals surface area contributed by atoms with Crippen LogP contribution >= 0.6 is 0 Å². The average molecular weight is 207 g/mol. The van der Waals surface area contributed by atoms with E-state index in [1.54, 1.807) is 0 Å². The van der Waals surface area contributed by atoms with Crippen molar-refractivity contribution < 1.29 is 9.50 Å². The number of hydrogen-bond donors (Lipinski definition) is 1. The topological polar surface area (TPSA) is 23.5 Å². The molecular weight excluding hydrogens is 193 g/mol. The minimum atomic E-state index is -0.391. The molecule has 0 atom stereocenters. The largest absolute Gasteiger partial charge is 0.510 e. The van der Waals surface area contributed by atoms with Gasteiger partial charge in [0.15, 0.2) is 5.83 Å². The van der Waals surface area contributed by atoms with Gasteiger partial charge in [-0.05, 0) is 5.56 Å². The van der Waals surface area contributed by atoms with Crippen molar-refractivity contribution in [1.29, 1.82) is 0 Å². The maximum Gasteiger partial charge on any atom is 0.151 e. The maximum absolute atomic E-state index is 13.1. The van der Waals surface area contributed by atoms with Crippen LogP contribution in [0.5, 0.6) is 0 Å². The Morgan fingerprint density at radius 1 is 1.27 bits per heavy atom. The van der Waals surface area contributed by atoms with Crippen molar-refractivity contribution in [2.75, 3.05) is 13.1 Å². The molecule has 0 aliphatic carbocycles. The quantitative estimate of drug-likeness (QED) is 0.805. The second kappa shape index (κ2) is 4.45. The van der Waals surface area contributed by atoms with Crippen molar-refractivity contribution in [2.24, 2.45) is 0 Å². The summed E-state index contributed by atoms with van der Waals surface area (Å²) < 4.78 is 13.1. The number of halogens is 1. The highest BCUT2D eigenvalue weighted by atomic mass is 19.1. The summed E-state index contributed by atoms with van der Waals surface area (Å²) in [6.45, 7) is 1.68. The van der Waals surface area contributed by atoms with E-state index in [2.05, 4.69) is 0 Å². The molecule has 0 radical (unpaired) electrons. The first-order chi connectivity index (χ1) is 7.25. The third-order valence-electron chi connectivity index (χ3n) is 2.59. The molecular formula is C12H14FNO. The molecule has 1 heterocycles. The average Bonchev–Trinajstić information content (AvgIpc) is 2.25. The molecule has 0 saturated carbocycles. The lowest BCUT2D eigenvalue weighted by Crippen LogP contribution is -2.30. The Morgan fingerprint density at radius 3 is 2.67 bits per heavy atom. The summed E-state index contributed by atoms with van der Waals surface area (Å²) in [6, 6.07) is 9.96. The van der Waals surface area contributed by atoms with E-state index in [4.69, 9.17) is 5.11 Å². The molecule has 1 aromatic carbocycles. The molecule has 1 aliphatic rings. The molecule has 0 aromatic heterocycles. The Bertz CT molecular complexity index is 361. The second-order valence-electron chi connectivity index (χ2n) is 3.80. The molecule has 3 heteroatoms. The molecule has 1 N–H and O–H groups in total. The van der Waals surface area contributed by atoms with Crippen LogP contribution in [0.1, 0.15) is 12.0 Å². The molecule has 0 fully saturated rings. The van der Waals surface area contributed by atoms with E-state index < -0.39 is 5.83 Å². The smallest absolute Gasteiger partial charge is 0.151 e. The third kappa shape index (κ3) is 2.57. The zero-order valence-corrected chi connectivity index (χ0v) is 8.49. The lowest BCUT2D eigenvalue weighted by atomic mass is 10.1. The van der Waals surface area contributed by atoms with E-state index >= 15 is 0 Å². The van der Waals surface area contributed by atoms with Gasteiger partial charge in [0.25, 0.3) is 0 Å². The van der Waals surface area contributed by atoms with Crippen LogP contribution in [0.4, 0.5) is 4.39 Å². The zero-order chi connectivity index (χ0) is 10.7. The van der Waals surface area contributed by atoms with Crippen LogP contribution in [0, 0.1) is 0 Å². The molecule has 1 aliphatic heterocycles. The molecule has 0 amide bonds. The summed E-state index contributed by atoms with van der Waals surface area (Å²) in [5, 5.41) is 9.14. The van der Waals surface area contributed by atoms with Crippen molar-refractivity contribution in [2.45, 2.75) is 13.0 Å². The molecule has 0 saturated heterocycles. The first-order valence-corrected chi connectivity index (χ1v) is 5.08. The van der Waals surface area contributed by atoms with Crippen molar-refractivity contribution >= 4 is 0 Å². The first-order valence-electron chi connectivity index (χ1n) is 5.08. The highest BCUT2D eigenvalue weighted by Crippen LogP contribution is 2.18. The summed E-state index contributed by atoms with van der Waals surface area (Å²) >= 11 is 0. The van der Waals surface area contributed by atoms with Gasteiger partial charge in [-0.3, -0.25) is 4.90 Å². The predicted octanol–water partition coefficient (Wildman–Crippen LogP) is 2.63. The fourth-order valence-electron chi connectivity index (χ4n) is 1.74. The third-order valence-corrected chi connectivity index (χ3v) is 2.59. The number of aliphatic hydroxyl groups is 1. The van der Waals surface area contributed by atoms with Crippen molar-refractivity contribution in [3.05, 3.63) is 47.5 Å². The van der Waals surface area contributed by atoms with Crippen LogP contribution in [0.25, 0.3) is 0 Å². The Hall–Kier alpha value is -1.35. The van der Waals surface area contributed by atoms with Gasteiger partial charge in [0.2, 0.25) is 0 Å². The van der Waals surface area contributed by atoms with Gasteiger partial charge in [-0.1, -0.05) is 30.3 Å². The zero-order valence-electron chi connectivity index (χ0n) is 8.49. The SMILES string of the molecule is OC1=C(F)CN(Cc2ccccc2)CC1. The Labute approximate surface area is 88.6 Å². The first kappa shape index (κ1) is 10.2. The number of rotatable bonds is 2. The van der Waals surface area contributed by atoms with Crippen LogP contribution < -0.4 is 0 Å². The monoisotopic (exact) mass is 207 g/mol. The summed E-state index contributed by atoms with van der Waals surface area (Å²) in [6.07, 6.45) is 0.415. The van der Waals surface area contributed by atoms with Crippen LogP contribution in [-0.4, -0.2) is 23.1 Å². The number of benzene rings is 1. The Balaban J connectivity index is 1.98. The second-order valence-corrected chi connectivity index (χ2v) is 3.80. The van der Waals surface area contributed by atoms with E-state index in [0.717, 1.165) is 6.54 Å². The molecule has 15 heavy (non-hydrogen) atoms. The van der Waals surface area contributed by atoms with Gasteiger partial charge in [-0.2, -0.15) is 0 Å².